The number of benzene rings is 1. The summed E-state index contributed by atoms with van der Waals surface area (Å²) in [5.74, 6) is -0.140. The van der Waals surface area contributed by atoms with Crippen LogP contribution in [0, 0.1) is 5.92 Å². The lowest BCUT2D eigenvalue weighted by Gasteiger charge is -2.41. The molecule has 1 heterocycles. The Hall–Kier alpha value is -1.56. The molecule has 0 bridgehead atoms. The quantitative estimate of drug-likeness (QED) is 0.813. The van der Waals surface area contributed by atoms with Gasteiger partial charge in [-0.2, -0.15) is 0 Å². The average molecular weight is 368 g/mol. The van der Waals surface area contributed by atoms with Gasteiger partial charge < -0.3 is 9.64 Å². The average Bonchev–Trinajstić information content (AvgIpc) is 2.54. The Bertz CT molecular complexity index is 705. The number of hydrogen-bond donors (Lipinski definition) is 0. The minimum Gasteiger partial charge on any atom is -0.444 e. The smallest absolute Gasteiger partial charge is 0.410 e. The summed E-state index contributed by atoms with van der Waals surface area (Å²) < 4.78 is 30.7. The molecule has 1 aromatic rings. The first kappa shape index (κ1) is 19.8. The van der Waals surface area contributed by atoms with Crippen LogP contribution in [0.4, 0.5) is 4.79 Å². The zero-order valence-electron chi connectivity index (χ0n) is 15.8. The van der Waals surface area contributed by atoms with Crippen LogP contribution in [0.15, 0.2) is 35.2 Å². The highest BCUT2D eigenvalue weighted by molar-refractivity contribution is 7.92. The maximum atomic E-state index is 13.1. The zero-order valence-corrected chi connectivity index (χ0v) is 16.6. The van der Waals surface area contributed by atoms with Crippen molar-refractivity contribution in [1.82, 2.24) is 4.90 Å². The Morgan fingerprint density at radius 3 is 2.28 bits per heavy atom. The summed E-state index contributed by atoms with van der Waals surface area (Å²) in [6, 6.07) is 8.53. The Balaban J connectivity index is 2.20. The van der Waals surface area contributed by atoms with E-state index in [4.69, 9.17) is 4.74 Å². The first-order chi connectivity index (χ1) is 11.4. The van der Waals surface area contributed by atoms with Crippen LogP contribution < -0.4 is 0 Å². The normalized spacial score (nSPS) is 19.6. The number of nitrogens with zero attached hydrogens (tertiary/aromatic N) is 1. The summed E-state index contributed by atoms with van der Waals surface area (Å²) in [5, 5.41) is 0. The standard InChI is InChI=1S/C19H29NO4S/c1-18(2,3)24-17(21)20-13-9-10-15(14-20)19(4,5)25(22,23)16-11-7-6-8-12-16/h6-8,11-12,15H,9-10,13-14H2,1-5H3. The van der Waals surface area contributed by atoms with Crippen molar-refractivity contribution in [2.45, 2.75) is 62.7 Å². The number of ether oxygens (including phenoxy) is 1. The molecule has 1 aromatic carbocycles. The molecule has 1 saturated heterocycles. The first-order valence-corrected chi connectivity index (χ1v) is 10.2. The van der Waals surface area contributed by atoms with Crippen LogP contribution in [0.5, 0.6) is 0 Å². The molecule has 0 radical (unpaired) electrons. The number of rotatable bonds is 3. The Morgan fingerprint density at radius 1 is 1.12 bits per heavy atom. The van der Waals surface area contributed by atoms with Crippen molar-refractivity contribution < 1.29 is 17.9 Å². The topological polar surface area (TPSA) is 63.7 Å². The minimum atomic E-state index is -3.50. The summed E-state index contributed by atoms with van der Waals surface area (Å²) in [5.41, 5.74) is -0.560. The molecule has 1 aliphatic rings. The number of amides is 1. The molecular weight excluding hydrogens is 338 g/mol. The summed E-state index contributed by atoms with van der Waals surface area (Å²) in [6.45, 7) is 10.0. The van der Waals surface area contributed by atoms with E-state index in [1.165, 1.54) is 0 Å². The fourth-order valence-corrected chi connectivity index (χ4v) is 4.91. The summed E-state index contributed by atoms with van der Waals surface area (Å²) in [6.07, 6.45) is 1.18. The highest BCUT2D eigenvalue weighted by atomic mass is 32.2. The van der Waals surface area contributed by atoms with Crippen LogP contribution >= 0.6 is 0 Å². The second-order valence-electron chi connectivity index (χ2n) is 8.19. The van der Waals surface area contributed by atoms with E-state index in [0.717, 1.165) is 12.8 Å². The molecule has 1 amide bonds. The molecule has 5 nitrogen and oxygen atoms in total. The largest absolute Gasteiger partial charge is 0.444 e. The van der Waals surface area contributed by atoms with E-state index in [-0.39, 0.29) is 12.0 Å². The third kappa shape index (κ3) is 4.35. The molecule has 0 saturated carbocycles. The second-order valence-corrected chi connectivity index (χ2v) is 10.7. The van der Waals surface area contributed by atoms with Gasteiger partial charge >= 0.3 is 6.09 Å². The highest BCUT2D eigenvalue weighted by Crippen LogP contribution is 2.37. The van der Waals surface area contributed by atoms with Gasteiger partial charge in [0.25, 0.3) is 0 Å². The van der Waals surface area contributed by atoms with Gasteiger partial charge in [0.15, 0.2) is 9.84 Å². The van der Waals surface area contributed by atoms with Crippen LogP contribution in [0.3, 0.4) is 0 Å². The molecule has 6 heteroatoms. The lowest BCUT2D eigenvalue weighted by Crippen LogP contribution is -2.51. The van der Waals surface area contributed by atoms with Gasteiger partial charge in [-0.3, -0.25) is 0 Å². The van der Waals surface area contributed by atoms with Gasteiger partial charge in [0.1, 0.15) is 5.60 Å². The molecule has 1 fully saturated rings. The molecule has 140 valence electrons. The minimum absolute atomic E-state index is 0.140. The SMILES string of the molecule is CC(C)(C)OC(=O)N1CCCC(C(C)(C)S(=O)(=O)c2ccccc2)C1. The fourth-order valence-electron chi connectivity index (χ4n) is 3.16. The van der Waals surface area contributed by atoms with E-state index in [1.54, 1.807) is 49.1 Å². The number of carbonyl (C=O) groups is 1. The zero-order chi connectivity index (χ0) is 18.9. The molecule has 0 aliphatic carbocycles. The number of hydrogen-bond acceptors (Lipinski definition) is 4. The van der Waals surface area contributed by atoms with Crippen LogP contribution in [-0.4, -0.2) is 42.8 Å². The number of carbonyl (C=O) groups excluding carboxylic acids is 1. The molecular formula is C19H29NO4S. The Kier molecular flexibility index (Phi) is 5.52. The molecule has 1 aliphatic heterocycles. The maximum absolute atomic E-state index is 13.1. The van der Waals surface area contributed by atoms with Crippen LogP contribution in [-0.2, 0) is 14.6 Å². The Labute approximate surface area is 151 Å². The van der Waals surface area contributed by atoms with Gasteiger partial charge in [-0.05, 0) is 65.5 Å². The van der Waals surface area contributed by atoms with Crippen molar-refractivity contribution in [1.29, 1.82) is 0 Å². The van der Waals surface area contributed by atoms with Crippen molar-refractivity contribution in [2.75, 3.05) is 13.1 Å². The van der Waals surface area contributed by atoms with Gasteiger partial charge in [-0.1, -0.05) is 18.2 Å². The first-order valence-electron chi connectivity index (χ1n) is 8.73. The third-order valence-corrected chi connectivity index (χ3v) is 7.41. The molecule has 0 aromatic heterocycles. The van der Waals surface area contributed by atoms with Gasteiger partial charge in [0.2, 0.25) is 0 Å². The van der Waals surface area contributed by atoms with Crippen molar-refractivity contribution in [3.63, 3.8) is 0 Å². The molecule has 1 unspecified atom stereocenters. The van der Waals surface area contributed by atoms with Crippen molar-refractivity contribution in [2.24, 2.45) is 5.92 Å². The highest BCUT2D eigenvalue weighted by Gasteiger charge is 2.45. The lowest BCUT2D eigenvalue weighted by molar-refractivity contribution is 0.0148. The van der Waals surface area contributed by atoms with Gasteiger partial charge in [-0.25, -0.2) is 13.2 Å². The van der Waals surface area contributed by atoms with E-state index in [0.29, 0.717) is 18.0 Å². The number of likely N-dealkylation sites (tertiary alicyclic amines) is 1. The molecule has 2 rings (SSSR count). The second kappa shape index (κ2) is 6.98. The summed E-state index contributed by atoms with van der Waals surface area (Å²) >= 11 is 0. The molecule has 25 heavy (non-hydrogen) atoms. The van der Waals surface area contributed by atoms with E-state index >= 15 is 0 Å². The van der Waals surface area contributed by atoms with Crippen LogP contribution in [0.2, 0.25) is 0 Å². The van der Waals surface area contributed by atoms with Gasteiger partial charge in [-0.15, -0.1) is 0 Å². The lowest BCUT2D eigenvalue weighted by atomic mass is 9.87. The molecule has 1 atom stereocenters. The van der Waals surface area contributed by atoms with Crippen molar-refractivity contribution in [3.8, 4) is 0 Å². The number of piperidine rings is 1. The van der Waals surface area contributed by atoms with Gasteiger partial charge in [0, 0.05) is 13.1 Å². The van der Waals surface area contributed by atoms with Gasteiger partial charge in [0.05, 0.1) is 9.64 Å². The van der Waals surface area contributed by atoms with Crippen molar-refractivity contribution in [3.05, 3.63) is 30.3 Å². The van der Waals surface area contributed by atoms with E-state index in [9.17, 15) is 13.2 Å². The molecule has 0 N–H and O–H groups in total. The predicted molar refractivity (Wildman–Crippen MR) is 98.2 cm³/mol. The Morgan fingerprint density at radius 2 is 1.72 bits per heavy atom. The fraction of sp³-hybridized carbons (Fsp3) is 0.632. The van der Waals surface area contributed by atoms with Crippen molar-refractivity contribution >= 4 is 15.9 Å². The third-order valence-electron chi connectivity index (χ3n) is 4.80. The van der Waals surface area contributed by atoms with E-state index < -0.39 is 20.2 Å². The summed E-state index contributed by atoms with van der Waals surface area (Å²) in [4.78, 5) is 14.3. The summed E-state index contributed by atoms with van der Waals surface area (Å²) in [7, 11) is -3.50. The molecule has 0 spiro atoms. The maximum Gasteiger partial charge on any atom is 0.410 e. The van der Waals surface area contributed by atoms with Crippen LogP contribution in [0.25, 0.3) is 0 Å². The number of sulfone groups is 1. The van der Waals surface area contributed by atoms with Crippen LogP contribution in [0.1, 0.15) is 47.5 Å². The van der Waals surface area contributed by atoms with E-state index in [2.05, 4.69) is 0 Å². The monoisotopic (exact) mass is 367 g/mol. The van der Waals surface area contributed by atoms with E-state index in [1.807, 2.05) is 20.8 Å². The predicted octanol–water partition coefficient (Wildman–Crippen LogP) is 3.89.